The summed E-state index contributed by atoms with van der Waals surface area (Å²) in [5, 5.41) is 5.39. The van der Waals surface area contributed by atoms with Crippen LogP contribution in [0.1, 0.15) is 32.1 Å². The molecule has 1 saturated carbocycles. The van der Waals surface area contributed by atoms with Crippen LogP contribution < -0.4 is 5.32 Å². The molecule has 0 atom stereocenters. The normalized spacial score (nSPS) is 16.5. The first-order valence-corrected chi connectivity index (χ1v) is 7.69. The molecule has 0 amide bonds. The Morgan fingerprint density at radius 3 is 2.88 bits per heavy atom. The number of hydrogen-bond acceptors (Lipinski definition) is 3. The molecule has 17 heavy (non-hydrogen) atoms. The zero-order valence-electron chi connectivity index (χ0n) is 9.99. The van der Waals surface area contributed by atoms with Gasteiger partial charge in [-0.2, -0.15) is 0 Å². The van der Waals surface area contributed by atoms with Crippen LogP contribution >= 0.6 is 23.4 Å². The van der Waals surface area contributed by atoms with Crippen LogP contribution in [0.4, 0.5) is 0 Å². The van der Waals surface area contributed by atoms with Gasteiger partial charge < -0.3 is 5.32 Å². The van der Waals surface area contributed by atoms with E-state index in [-0.39, 0.29) is 0 Å². The van der Waals surface area contributed by atoms with Crippen molar-refractivity contribution >= 4 is 23.4 Å². The molecule has 1 fully saturated rings. The van der Waals surface area contributed by atoms with Crippen molar-refractivity contribution in [2.45, 2.75) is 43.2 Å². The third-order valence-electron chi connectivity index (χ3n) is 3.06. The molecular weight excluding hydrogens is 252 g/mol. The van der Waals surface area contributed by atoms with Crippen molar-refractivity contribution in [3.05, 3.63) is 23.4 Å². The van der Waals surface area contributed by atoms with Crippen LogP contribution in [0.2, 0.25) is 5.02 Å². The van der Waals surface area contributed by atoms with Gasteiger partial charge in [0.25, 0.3) is 0 Å². The van der Waals surface area contributed by atoms with E-state index in [2.05, 4.69) is 10.3 Å². The number of pyridine rings is 1. The molecule has 1 aliphatic rings. The minimum atomic E-state index is 0.706. The quantitative estimate of drug-likeness (QED) is 0.630. The van der Waals surface area contributed by atoms with Gasteiger partial charge in [-0.25, -0.2) is 4.98 Å². The molecule has 2 rings (SSSR count). The Kier molecular flexibility index (Phi) is 5.62. The van der Waals surface area contributed by atoms with Crippen LogP contribution in [0.15, 0.2) is 23.4 Å². The van der Waals surface area contributed by atoms with Crippen LogP contribution in [-0.4, -0.2) is 23.3 Å². The Balaban J connectivity index is 1.55. The first-order chi connectivity index (χ1) is 8.34. The smallest absolute Gasteiger partial charge is 0.0960 e. The molecule has 94 valence electrons. The van der Waals surface area contributed by atoms with Crippen molar-refractivity contribution in [3.63, 3.8) is 0 Å². The SMILES string of the molecule is Clc1ccc(SCCCNC2CCCC2)nc1. The number of thioether (sulfide) groups is 1. The Bertz CT molecular complexity index is 323. The van der Waals surface area contributed by atoms with Crippen LogP contribution in [-0.2, 0) is 0 Å². The first kappa shape index (κ1) is 13.2. The maximum Gasteiger partial charge on any atom is 0.0960 e. The molecule has 1 N–H and O–H groups in total. The fraction of sp³-hybridized carbons (Fsp3) is 0.615. The molecule has 0 saturated heterocycles. The second-order valence-corrected chi connectivity index (χ2v) is 6.00. The Morgan fingerprint density at radius 1 is 1.35 bits per heavy atom. The van der Waals surface area contributed by atoms with Crippen molar-refractivity contribution < 1.29 is 0 Å². The largest absolute Gasteiger partial charge is 0.314 e. The average Bonchev–Trinajstić information content (AvgIpc) is 2.84. The van der Waals surface area contributed by atoms with Gasteiger partial charge >= 0.3 is 0 Å². The van der Waals surface area contributed by atoms with E-state index >= 15 is 0 Å². The van der Waals surface area contributed by atoms with E-state index in [1.807, 2.05) is 12.1 Å². The fourth-order valence-electron chi connectivity index (χ4n) is 2.13. The molecule has 1 aromatic rings. The van der Waals surface area contributed by atoms with Crippen LogP contribution in [0.5, 0.6) is 0 Å². The van der Waals surface area contributed by atoms with E-state index < -0.39 is 0 Å². The number of halogens is 1. The summed E-state index contributed by atoms with van der Waals surface area (Å²) in [5.74, 6) is 1.12. The first-order valence-electron chi connectivity index (χ1n) is 6.32. The summed E-state index contributed by atoms with van der Waals surface area (Å²) in [6.45, 7) is 1.13. The molecule has 1 aliphatic carbocycles. The van der Waals surface area contributed by atoms with Crippen molar-refractivity contribution in [1.29, 1.82) is 0 Å². The Morgan fingerprint density at radius 2 is 2.18 bits per heavy atom. The van der Waals surface area contributed by atoms with E-state index in [1.165, 1.54) is 32.1 Å². The summed E-state index contributed by atoms with van der Waals surface area (Å²) in [6.07, 6.45) is 8.45. The van der Waals surface area contributed by atoms with Gasteiger partial charge in [-0.1, -0.05) is 24.4 Å². The molecule has 0 unspecified atom stereocenters. The van der Waals surface area contributed by atoms with Crippen LogP contribution in [0, 0.1) is 0 Å². The number of rotatable bonds is 6. The highest BCUT2D eigenvalue weighted by Gasteiger charge is 2.13. The Labute approximate surface area is 113 Å². The molecule has 4 heteroatoms. The van der Waals surface area contributed by atoms with Gasteiger partial charge in [0.2, 0.25) is 0 Å². The highest BCUT2D eigenvalue weighted by atomic mass is 35.5. The minimum Gasteiger partial charge on any atom is -0.314 e. The number of aromatic nitrogens is 1. The van der Waals surface area contributed by atoms with Gasteiger partial charge in [0.05, 0.1) is 10.0 Å². The van der Waals surface area contributed by atoms with E-state index in [0.29, 0.717) is 5.02 Å². The van der Waals surface area contributed by atoms with Gasteiger partial charge in [0.15, 0.2) is 0 Å². The second-order valence-electron chi connectivity index (χ2n) is 4.45. The zero-order valence-corrected chi connectivity index (χ0v) is 11.6. The van der Waals surface area contributed by atoms with Crippen molar-refractivity contribution in [2.75, 3.05) is 12.3 Å². The van der Waals surface area contributed by atoms with Gasteiger partial charge in [-0.15, -0.1) is 11.8 Å². The molecular formula is C13H19ClN2S. The number of hydrogen-bond donors (Lipinski definition) is 1. The van der Waals surface area contributed by atoms with Crippen molar-refractivity contribution in [2.24, 2.45) is 0 Å². The lowest BCUT2D eigenvalue weighted by Gasteiger charge is -2.10. The summed E-state index contributed by atoms with van der Waals surface area (Å²) in [6, 6.07) is 4.67. The third kappa shape index (κ3) is 4.86. The second kappa shape index (κ2) is 7.24. The molecule has 0 radical (unpaired) electrons. The van der Waals surface area contributed by atoms with E-state index in [4.69, 9.17) is 11.6 Å². The maximum atomic E-state index is 5.79. The lowest BCUT2D eigenvalue weighted by molar-refractivity contribution is 0.524. The topological polar surface area (TPSA) is 24.9 Å². The molecule has 1 aromatic heterocycles. The maximum absolute atomic E-state index is 5.79. The predicted molar refractivity (Wildman–Crippen MR) is 74.8 cm³/mol. The summed E-state index contributed by atoms with van der Waals surface area (Å²) in [5.41, 5.74) is 0. The lowest BCUT2D eigenvalue weighted by atomic mass is 10.2. The standard InChI is InChI=1S/C13H19ClN2S/c14-11-6-7-13(16-10-11)17-9-3-8-15-12-4-1-2-5-12/h6-7,10,12,15H,1-5,8-9H2. The summed E-state index contributed by atoms with van der Waals surface area (Å²) >= 11 is 7.59. The molecule has 0 aromatic carbocycles. The highest BCUT2D eigenvalue weighted by molar-refractivity contribution is 7.99. The molecule has 0 bridgehead atoms. The van der Waals surface area contributed by atoms with Crippen LogP contribution in [0.25, 0.3) is 0 Å². The van der Waals surface area contributed by atoms with Crippen molar-refractivity contribution in [3.8, 4) is 0 Å². The average molecular weight is 271 g/mol. The predicted octanol–water partition coefficient (Wildman–Crippen LogP) is 3.75. The molecule has 2 nitrogen and oxygen atoms in total. The summed E-state index contributed by atoms with van der Waals surface area (Å²) < 4.78 is 0. The van der Waals surface area contributed by atoms with Gasteiger partial charge in [0, 0.05) is 18.0 Å². The molecule has 0 aliphatic heterocycles. The summed E-state index contributed by atoms with van der Waals surface area (Å²) in [4.78, 5) is 4.26. The van der Waals surface area contributed by atoms with E-state index in [0.717, 1.165) is 23.4 Å². The zero-order chi connectivity index (χ0) is 11.9. The number of nitrogens with zero attached hydrogens (tertiary/aromatic N) is 1. The fourth-order valence-corrected chi connectivity index (χ4v) is 3.03. The van der Waals surface area contributed by atoms with Gasteiger partial charge in [-0.05, 0) is 37.9 Å². The monoisotopic (exact) mass is 270 g/mol. The van der Waals surface area contributed by atoms with Crippen LogP contribution in [0.3, 0.4) is 0 Å². The highest BCUT2D eigenvalue weighted by Crippen LogP contribution is 2.19. The van der Waals surface area contributed by atoms with Gasteiger partial charge in [-0.3, -0.25) is 0 Å². The lowest BCUT2D eigenvalue weighted by Crippen LogP contribution is -2.27. The van der Waals surface area contributed by atoms with Crippen molar-refractivity contribution in [1.82, 2.24) is 10.3 Å². The molecule has 1 heterocycles. The number of nitrogens with one attached hydrogen (secondary N) is 1. The van der Waals surface area contributed by atoms with Gasteiger partial charge in [0.1, 0.15) is 0 Å². The molecule has 0 spiro atoms. The Hall–Kier alpha value is -0.250. The third-order valence-corrected chi connectivity index (χ3v) is 4.31. The van der Waals surface area contributed by atoms with E-state index in [1.54, 1.807) is 18.0 Å². The summed E-state index contributed by atoms with van der Waals surface area (Å²) in [7, 11) is 0. The van der Waals surface area contributed by atoms with E-state index in [9.17, 15) is 0 Å². The minimum absolute atomic E-state index is 0.706.